The first-order valence-electron chi connectivity index (χ1n) is 10.3. The normalized spacial score (nSPS) is 34.6. The summed E-state index contributed by atoms with van der Waals surface area (Å²) in [6, 6.07) is 9.40. The molecule has 4 rings (SSSR count). The van der Waals surface area contributed by atoms with E-state index in [1.54, 1.807) is 0 Å². The van der Waals surface area contributed by atoms with Gasteiger partial charge in [0, 0.05) is 13.1 Å². The van der Waals surface area contributed by atoms with Crippen molar-refractivity contribution >= 4 is 6.09 Å². The van der Waals surface area contributed by atoms with Crippen molar-refractivity contribution in [2.45, 2.75) is 69.7 Å². The van der Waals surface area contributed by atoms with E-state index in [0.29, 0.717) is 19.7 Å². The second-order valence-corrected chi connectivity index (χ2v) is 8.20. The Balaban J connectivity index is 1.26. The lowest BCUT2D eigenvalue weighted by molar-refractivity contribution is -0.197. The van der Waals surface area contributed by atoms with Crippen LogP contribution in [0.15, 0.2) is 30.3 Å². The lowest BCUT2D eigenvalue weighted by atomic mass is 9.86. The van der Waals surface area contributed by atoms with Gasteiger partial charge in [-0.2, -0.15) is 0 Å². The molecule has 1 amide bonds. The molecule has 3 aliphatic heterocycles. The van der Waals surface area contributed by atoms with Gasteiger partial charge >= 0.3 is 6.09 Å². The number of ether oxygens (including phenoxy) is 5. The van der Waals surface area contributed by atoms with Crippen molar-refractivity contribution in [1.29, 1.82) is 0 Å². The minimum Gasteiger partial charge on any atom is -0.445 e. The zero-order valence-electron chi connectivity index (χ0n) is 17.2. The molecule has 3 saturated heterocycles. The van der Waals surface area contributed by atoms with Gasteiger partial charge in [-0.25, -0.2) is 4.79 Å². The van der Waals surface area contributed by atoms with Gasteiger partial charge < -0.3 is 34.3 Å². The van der Waals surface area contributed by atoms with E-state index in [2.05, 4.69) is 17.6 Å². The number of rotatable bonds is 7. The van der Waals surface area contributed by atoms with Crippen molar-refractivity contribution in [3.63, 3.8) is 0 Å². The Kier molecular flexibility index (Phi) is 5.81. The third-order valence-electron chi connectivity index (χ3n) is 5.72. The van der Waals surface area contributed by atoms with E-state index < -0.39 is 23.8 Å². The number of benzene rings is 1. The van der Waals surface area contributed by atoms with Crippen LogP contribution in [0, 0.1) is 0 Å². The highest BCUT2D eigenvalue weighted by Gasteiger charge is 2.64. The average molecular weight is 406 g/mol. The van der Waals surface area contributed by atoms with Gasteiger partial charge in [-0.3, -0.25) is 0 Å². The van der Waals surface area contributed by atoms with E-state index in [1.807, 2.05) is 44.2 Å². The van der Waals surface area contributed by atoms with E-state index in [0.717, 1.165) is 12.0 Å². The van der Waals surface area contributed by atoms with Gasteiger partial charge in [0.15, 0.2) is 12.1 Å². The van der Waals surface area contributed by atoms with E-state index in [4.69, 9.17) is 23.7 Å². The molecule has 0 aliphatic carbocycles. The molecule has 8 heteroatoms. The first-order chi connectivity index (χ1) is 13.9. The fourth-order valence-corrected chi connectivity index (χ4v) is 4.24. The van der Waals surface area contributed by atoms with Crippen LogP contribution in [-0.2, 0) is 30.3 Å². The van der Waals surface area contributed by atoms with Gasteiger partial charge in [0.2, 0.25) is 0 Å². The third-order valence-corrected chi connectivity index (χ3v) is 5.72. The Morgan fingerprint density at radius 2 is 1.97 bits per heavy atom. The summed E-state index contributed by atoms with van der Waals surface area (Å²) in [6.45, 7) is 7.61. The second kappa shape index (κ2) is 8.20. The Labute approximate surface area is 171 Å². The molecular formula is C21H30N2O6. The summed E-state index contributed by atoms with van der Waals surface area (Å²) in [5, 5.41) is 6.16. The van der Waals surface area contributed by atoms with Crippen LogP contribution in [0.2, 0.25) is 0 Å². The number of fused-ring (bicyclic) bond motifs is 4. The highest BCUT2D eigenvalue weighted by Crippen LogP contribution is 2.47. The molecule has 1 aromatic carbocycles. The molecule has 5 atom stereocenters. The zero-order chi connectivity index (χ0) is 20.5. The fraction of sp³-hybridized carbons (Fsp3) is 0.667. The lowest BCUT2D eigenvalue weighted by Gasteiger charge is -2.42. The van der Waals surface area contributed by atoms with Gasteiger partial charge in [-0.1, -0.05) is 37.3 Å². The molecule has 0 aromatic heterocycles. The molecule has 0 radical (unpaired) electrons. The highest BCUT2D eigenvalue weighted by atomic mass is 16.8. The van der Waals surface area contributed by atoms with Crippen LogP contribution in [0.3, 0.4) is 0 Å². The predicted molar refractivity (Wildman–Crippen MR) is 104 cm³/mol. The van der Waals surface area contributed by atoms with Crippen molar-refractivity contribution in [3.05, 3.63) is 35.9 Å². The van der Waals surface area contributed by atoms with Crippen LogP contribution in [-0.4, -0.2) is 61.7 Å². The lowest BCUT2D eigenvalue weighted by Crippen LogP contribution is -2.63. The van der Waals surface area contributed by atoms with Gasteiger partial charge in [0.1, 0.15) is 24.4 Å². The molecule has 0 spiro atoms. The van der Waals surface area contributed by atoms with Crippen molar-refractivity contribution in [2.24, 2.45) is 0 Å². The van der Waals surface area contributed by atoms with Gasteiger partial charge in [-0.05, 0) is 25.8 Å². The van der Waals surface area contributed by atoms with Gasteiger partial charge in [0.25, 0.3) is 0 Å². The number of carbonyl (C=O) groups excluding carboxylic acids is 1. The van der Waals surface area contributed by atoms with Gasteiger partial charge in [0.05, 0.1) is 12.6 Å². The van der Waals surface area contributed by atoms with Crippen LogP contribution in [0.4, 0.5) is 4.79 Å². The summed E-state index contributed by atoms with van der Waals surface area (Å²) in [4.78, 5) is 11.9. The summed E-state index contributed by atoms with van der Waals surface area (Å²) >= 11 is 0. The second-order valence-electron chi connectivity index (χ2n) is 8.20. The van der Waals surface area contributed by atoms with E-state index in [-0.39, 0.29) is 24.9 Å². The molecular weight excluding hydrogens is 376 g/mol. The monoisotopic (exact) mass is 406 g/mol. The molecule has 3 fully saturated rings. The molecule has 2 bridgehead atoms. The van der Waals surface area contributed by atoms with Crippen LogP contribution in [0.5, 0.6) is 0 Å². The topological polar surface area (TPSA) is 87.3 Å². The quantitative estimate of drug-likeness (QED) is 0.669. The van der Waals surface area contributed by atoms with E-state index in [1.165, 1.54) is 0 Å². The van der Waals surface area contributed by atoms with Crippen LogP contribution < -0.4 is 10.6 Å². The summed E-state index contributed by atoms with van der Waals surface area (Å²) < 4.78 is 29.7. The molecule has 8 nitrogen and oxygen atoms in total. The Morgan fingerprint density at radius 1 is 1.17 bits per heavy atom. The number of amides is 1. The maximum absolute atomic E-state index is 11.9. The summed E-state index contributed by atoms with van der Waals surface area (Å²) in [6.07, 6.45) is -0.402. The molecule has 3 heterocycles. The fourth-order valence-electron chi connectivity index (χ4n) is 4.24. The Hall–Kier alpha value is -1.71. The maximum atomic E-state index is 11.9. The van der Waals surface area contributed by atoms with Crippen LogP contribution in [0.25, 0.3) is 0 Å². The molecule has 1 unspecified atom stereocenters. The SMILES string of the molecule is CC[C@@]12COC(O1)[C@H](NCCNC(=O)OCc1ccccc1)[C@H]1OC(C)(C)O[C@H]12. The number of hydrogen-bond donors (Lipinski definition) is 2. The molecule has 2 N–H and O–H groups in total. The molecule has 29 heavy (non-hydrogen) atoms. The standard InChI is InChI=1S/C21H30N2O6/c1-4-21-13-26-18(29-21)15(16-17(21)28-20(2,3)27-16)22-10-11-23-19(24)25-12-14-8-6-5-7-9-14/h5-9,15-18,22H,4,10-13H2,1-3H3,(H,23,24)/t15-,16-,17-,18?,21+/m1/s1. The molecule has 0 saturated carbocycles. The summed E-state index contributed by atoms with van der Waals surface area (Å²) in [5.41, 5.74) is 0.491. The first-order valence-corrected chi connectivity index (χ1v) is 10.3. The number of alkyl carbamates (subject to hydrolysis) is 1. The Morgan fingerprint density at radius 3 is 2.72 bits per heavy atom. The number of nitrogens with one attached hydrogen (secondary N) is 2. The van der Waals surface area contributed by atoms with Gasteiger partial charge in [-0.15, -0.1) is 0 Å². The highest BCUT2D eigenvalue weighted by molar-refractivity contribution is 5.67. The predicted octanol–water partition coefficient (Wildman–Crippen LogP) is 1.93. The number of carbonyl (C=O) groups is 1. The average Bonchev–Trinajstić information content (AvgIpc) is 3.26. The third kappa shape index (κ3) is 4.27. The molecule has 160 valence electrons. The van der Waals surface area contributed by atoms with Crippen molar-refractivity contribution in [3.8, 4) is 0 Å². The van der Waals surface area contributed by atoms with Crippen molar-refractivity contribution in [2.75, 3.05) is 19.7 Å². The van der Waals surface area contributed by atoms with Crippen LogP contribution >= 0.6 is 0 Å². The Bertz CT molecular complexity index is 714. The van der Waals surface area contributed by atoms with Crippen molar-refractivity contribution < 1.29 is 28.5 Å². The minimum absolute atomic E-state index is 0.170. The zero-order valence-corrected chi connectivity index (χ0v) is 17.2. The molecule has 1 aromatic rings. The number of hydrogen-bond acceptors (Lipinski definition) is 7. The molecule has 3 aliphatic rings. The smallest absolute Gasteiger partial charge is 0.407 e. The van der Waals surface area contributed by atoms with Crippen molar-refractivity contribution in [1.82, 2.24) is 10.6 Å². The van der Waals surface area contributed by atoms with E-state index in [9.17, 15) is 4.79 Å². The summed E-state index contributed by atoms with van der Waals surface area (Å²) in [7, 11) is 0. The van der Waals surface area contributed by atoms with Crippen LogP contribution in [0.1, 0.15) is 32.8 Å². The largest absolute Gasteiger partial charge is 0.445 e. The maximum Gasteiger partial charge on any atom is 0.407 e. The van der Waals surface area contributed by atoms with E-state index >= 15 is 0 Å². The summed E-state index contributed by atoms with van der Waals surface area (Å²) in [5.74, 6) is -0.662. The first kappa shape index (κ1) is 20.6. The minimum atomic E-state index is -0.662.